The third kappa shape index (κ3) is 9.08. The van der Waals surface area contributed by atoms with Crippen LogP contribution in [0.2, 0.25) is 0 Å². The van der Waals surface area contributed by atoms with Crippen LogP contribution in [0.4, 0.5) is 11.5 Å². The van der Waals surface area contributed by atoms with E-state index in [1.165, 1.54) is 18.2 Å². The fraction of sp³-hybridized carbons (Fsp3) is 0.370. The molecule has 2 aromatic carbocycles. The quantitative estimate of drug-likeness (QED) is 0.277. The van der Waals surface area contributed by atoms with E-state index in [0.717, 1.165) is 12.8 Å². The van der Waals surface area contributed by atoms with Crippen LogP contribution < -0.4 is 14.9 Å². The number of pyridine rings is 1. The first-order valence-electron chi connectivity index (χ1n) is 12.7. The van der Waals surface area contributed by atoms with Crippen molar-refractivity contribution >= 4 is 81.5 Å². The van der Waals surface area contributed by atoms with Crippen molar-refractivity contribution < 1.29 is 23.1 Å². The van der Waals surface area contributed by atoms with Gasteiger partial charge < -0.3 is 15.3 Å². The van der Waals surface area contributed by atoms with Gasteiger partial charge in [-0.25, -0.2) is 18.2 Å². The number of amides is 1. The number of carbonyl (C=O) groups excluding carboxylic acids is 1. The lowest BCUT2D eigenvalue weighted by Gasteiger charge is -2.35. The molecule has 226 valence electrons. The van der Waals surface area contributed by atoms with Crippen molar-refractivity contribution in [1.29, 1.82) is 0 Å². The van der Waals surface area contributed by atoms with Crippen LogP contribution >= 0.6 is 37.2 Å². The lowest BCUT2D eigenvalue weighted by molar-refractivity contribution is -0.122. The van der Waals surface area contributed by atoms with Crippen LogP contribution in [0, 0.1) is 6.92 Å². The second kappa shape index (κ2) is 16.0. The van der Waals surface area contributed by atoms with Gasteiger partial charge in [0.25, 0.3) is 10.0 Å². The van der Waals surface area contributed by atoms with Crippen molar-refractivity contribution in [1.82, 2.24) is 15.2 Å². The predicted molar refractivity (Wildman–Crippen MR) is 169 cm³/mol. The summed E-state index contributed by atoms with van der Waals surface area (Å²) in [6.45, 7) is 7.34. The zero-order chi connectivity index (χ0) is 27.3. The lowest BCUT2D eigenvalue weighted by Crippen LogP contribution is -2.49. The van der Waals surface area contributed by atoms with Gasteiger partial charge in [-0.15, -0.1) is 37.2 Å². The molecular weight excluding hydrogens is 613 g/mol. The first-order chi connectivity index (χ1) is 18.2. The van der Waals surface area contributed by atoms with E-state index in [0.29, 0.717) is 61.6 Å². The Labute approximate surface area is 259 Å². The number of aryl methyl sites for hydroxylation is 1. The van der Waals surface area contributed by atoms with E-state index in [1.54, 1.807) is 37.3 Å². The molecule has 0 radical (unpaired) electrons. The fourth-order valence-corrected chi connectivity index (χ4v) is 5.78. The molecule has 3 aromatic rings. The number of hydrogen-bond acceptors (Lipinski definition) is 7. The number of carbonyl (C=O) groups is 2. The summed E-state index contributed by atoms with van der Waals surface area (Å²) in [6, 6.07) is 12.9. The molecule has 41 heavy (non-hydrogen) atoms. The van der Waals surface area contributed by atoms with Crippen molar-refractivity contribution in [2.24, 2.45) is 0 Å². The highest BCUT2D eigenvalue weighted by Crippen LogP contribution is 2.28. The van der Waals surface area contributed by atoms with Crippen LogP contribution in [-0.2, 0) is 14.8 Å². The summed E-state index contributed by atoms with van der Waals surface area (Å²) in [5.41, 5.74) is 1.36. The van der Waals surface area contributed by atoms with Gasteiger partial charge in [-0.2, -0.15) is 0 Å². The molecular formula is C27H36Cl3N5O5S. The van der Waals surface area contributed by atoms with E-state index in [1.807, 2.05) is 4.90 Å². The average Bonchev–Trinajstić information content (AvgIpc) is 2.88. The molecule has 3 N–H and O–H groups in total. The minimum absolute atomic E-state index is 0. The van der Waals surface area contributed by atoms with Crippen molar-refractivity contribution in [3.05, 3.63) is 59.7 Å². The molecule has 4 rings (SSSR count). The standard InChI is InChI=1S/C27H33N5O5S.3ClH/c1-3-4-11-28-26(33)18-31-12-14-32(15-13-31)25-17-22(27(34)35)21-16-20(9-10-23(21)29-25)30-38(36,37)24-8-6-5-7-19(24)2;;;/h5-10,16-17,30H,3-4,11-15,18H2,1-2H3,(H,28,33)(H,34,35);3*1H. The number of carboxylic acid groups (broad SMARTS) is 1. The van der Waals surface area contributed by atoms with Crippen LogP contribution in [0.25, 0.3) is 10.9 Å². The smallest absolute Gasteiger partial charge is 0.336 e. The van der Waals surface area contributed by atoms with Gasteiger partial charge >= 0.3 is 5.97 Å². The zero-order valence-electron chi connectivity index (χ0n) is 22.8. The summed E-state index contributed by atoms with van der Waals surface area (Å²) < 4.78 is 28.4. The maximum absolute atomic E-state index is 12.9. The number of hydrogen-bond donors (Lipinski definition) is 3. The maximum Gasteiger partial charge on any atom is 0.336 e. The van der Waals surface area contributed by atoms with Crippen LogP contribution in [0.1, 0.15) is 35.7 Å². The van der Waals surface area contributed by atoms with Crippen molar-refractivity contribution in [3.8, 4) is 0 Å². The van der Waals surface area contributed by atoms with Crippen LogP contribution in [0.15, 0.2) is 53.4 Å². The van der Waals surface area contributed by atoms with Gasteiger partial charge in [0.15, 0.2) is 0 Å². The number of sulfonamides is 1. The van der Waals surface area contributed by atoms with Crippen LogP contribution in [0.5, 0.6) is 0 Å². The summed E-state index contributed by atoms with van der Waals surface area (Å²) in [5.74, 6) is -0.576. The van der Waals surface area contributed by atoms with E-state index in [-0.39, 0.29) is 59.3 Å². The van der Waals surface area contributed by atoms with Gasteiger partial charge in [0.1, 0.15) is 5.82 Å². The normalized spacial score (nSPS) is 13.4. The molecule has 0 aliphatic carbocycles. The summed E-state index contributed by atoms with van der Waals surface area (Å²) in [6.07, 6.45) is 1.99. The molecule has 1 fully saturated rings. The van der Waals surface area contributed by atoms with Crippen LogP contribution in [0.3, 0.4) is 0 Å². The van der Waals surface area contributed by atoms with E-state index in [4.69, 9.17) is 0 Å². The van der Waals surface area contributed by atoms with E-state index >= 15 is 0 Å². The number of benzene rings is 2. The first kappa shape index (κ1) is 36.2. The van der Waals surface area contributed by atoms with Crippen molar-refractivity contribution in [2.75, 3.05) is 48.9 Å². The number of piperazine rings is 1. The Morgan fingerprint density at radius 3 is 2.32 bits per heavy atom. The number of fused-ring (bicyclic) bond motifs is 1. The van der Waals surface area contributed by atoms with E-state index in [9.17, 15) is 23.1 Å². The van der Waals surface area contributed by atoms with Gasteiger partial charge in [0.2, 0.25) is 5.91 Å². The van der Waals surface area contributed by atoms with Gasteiger partial charge in [0.05, 0.1) is 22.5 Å². The molecule has 0 unspecified atom stereocenters. The Morgan fingerprint density at radius 2 is 1.68 bits per heavy atom. The Hall–Kier alpha value is -2.83. The van der Waals surface area contributed by atoms with Crippen molar-refractivity contribution in [3.63, 3.8) is 0 Å². The number of nitrogens with one attached hydrogen (secondary N) is 2. The molecule has 1 aliphatic heterocycles. The summed E-state index contributed by atoms with van der Waals surface area (Å²) in [5, 5.41) is 13.2. The number of anilines is 2. The Bertz CT molecular complexity index is 1450. The van der Waals surface area contributed by atoms with Crippen LogP contribution in [-0.4, -0.2) is 74.6 Å². The highest BCUT2D eigenvalue weighted by Gasteiger charge is 2.23. The third-order valence-electron chi connectivity index (χ3n) is 6.58. The van der Waals surface area contributed by atoms with Crippen molar-refractivity contribution in [2.45, 2.75) is 31.6 Å². The summed E-state index contributed by atoms with van der Waals surface area (Å²) in [4.78, 5) is 33.2. The SMILES string of the molecule is CCCCNC(=O)CN1CCN(c2cc(C(=O)O)c3cc(NS(=O)(=O)c4ccccc4C)ccc3n2)CC1.Cl.Cl.Cl. The van der Waals surface area contributed by atoms with Gasteiger partial charge in [-0.1, -0.05) is 31.5 Å². The Morgan fingerprint density at radius 1 is 1.00 bits per heavy atom. The molecule has 2 heterocycles. The molecule has 0 spiro atoms. The van der Waals surface area contributed by atoms with Gasteiger partial charge in [0, 0.05) is 43.8 Å². The number of carboxylic acids is 1. The topological polar surface area (TPSA) is 132 Å². The highest BCUT2D eigenvalue weighted by atomic mass is 35.5. The average molecular weight is 649 g/mol. The minimum Gasteiger partial charge on any atom is -0.478 e. The molecule has 0 bridgehead atoms. The third-order valence-corrected chi connectivity index (χ3v) is 8.12. The first-order valence-corrected chi connectivity index (χ1v) is 14.2. The second-order valence-electron chi connectivity index (χ2n) is 9.40. The number of halogens is 3. The molecule has 0 saturated carbocycles. The zero-order valence-corrected chi connectivity index (χ0v) is 26.1. The Kier molecular flexibility index (Phi) is 14.1. The number of rotatable bonds is 10. The molecule has 1 aromatic heterocycles. The predicted octanol–water partition coefficient (Wildman–Crippen LogP) is 4.35. The number of nitrogens with zero attached hydrogens (tertiary/aromatic N) is 3. The molecule has 1 saturated heterocycles. The minimum atomic E-state index is -3.85. The molecule has 10 nitrogen and oxygen atoms in total. The molecule has 1 amide bonds. The molecule has 14 heteroatoms. The Balaban J connectivity index is 0.00000280. The van der Waals surface area contributed by atoms with E-state index in [2.05, 4.69) is 26.8 Å². The molecule has 1 aliphatic rings. The monoisotopic (exact) mass is 647 g/mol. The number of aromatic nitrogens is 1. The lowest BCUT2D eigenvalue weighted by atomic mass is 10.1. The fourth-order valence-electron chi connectivity index (χ4n) is 4.48. The maximum atomic E-state index is 12.9. The molecule has 0 atom stereocenters. The summed E-state index contributed by atoms with van der Waals surface area (Å²) >= 11 is 0. The van der Waals surface area contributed by atoms with Gasteiger partial charge in [-0.3, -0.25) is 14.4 Å². The highest BCUT2D eigenvalue weighted by molar-refractivity contribution is 7.92. The second-order valence-corrected chi connectivity index (χ2v) is 11.1. The number of unbranched alkanes of at least 4 members (excludes halogenated alkanes) is 1. The largest absolute Gasteiger partial charge is 0.478 e. The van der Waals surface area contributed by atoms with Gasteiger partial charge in [-0.05, 0) is 49.2 Å². The number of aromatic carboxylic acids is 1. The van der Waals surface area contributed by atoms with E-state index < -0.39 is 16.0 Å². The summed E-state index contributed by atoms with van der Waals surface area (Å²) in [7, 11) is -3.85.